The van der Waals surface area contributed by atoms with E-state index in [1.54, 1.807) is 0 Å². The molecule has 0 saturated carbocycles. The third-order valence-corrected chi connectivity index (χ3v) is 2.40. The Bertz CT molecular complexity index is 259. The second kappa shape index (κ2) is 9.76. The fraction of sp³-hybridized carbons (Fsp3) is 0.750. The van der Waals surface area contributed by atoms with Crippen LogP contribution in [0.2, 0.25) is 0 Å². The number of carboxylic acid groups (broad SMARTS) is 1. The van der Waals surface area contributed by atoms with E-state index in [2.05, 4.69) is 17.9 Å². The zero-order valence-corrected chi connectivity index (χ0v) is 11.8. The second-order valence-electron chi connectivity index (χ2n) is 3.28. The van der Waals surface area contributed by atoms with Gasteiger partial charge in [-0.25, -0.2) is 9.18 Å². The van der Waals surface area contributed by atoms with Crippen LogP contribution in [0.1, 0.15) is 13.3 Å². The van der Waals surface area contributed by atoms with Crippen molar-refractivity contribution >= 4 is 49.2 Å². The van der Waals surface area contributed by atoms with Crippen LogP contribution in [-0.4, -0.2) is 40.9 Å². The summed E-state index contributed by atoms with van der Waals surface area (Å²) in [7, 11) is 0. The third kappa shape index (κ3) is 5.76. The number of hydrogen-bond donors (Lipinski definition) is 5. The number of carboxylic acids is 1. The summed E-state index contributed by atoms with van der Waals surface area (Å²) in [6, 6.07) is -0.756. The van der Waals surface area contributed by atoms with Crippen LogP contribution in [0.5, 0.6) is 0 Å². The predicted octanol–water partition coefficient (Wildman–Crippen LogP) is 0.857. The highest BCUT2D eigenvalue weighted by Crippen LogP contribution is 2.16. The molecule has 0 bridgehead atoms. The number of hydrogen-bond acceptors (Lipinski definition) is 4. The van der Waals surface area contributed by atoms with Gasteiger partial charge >= 0.3 is 5.97 Å². The quantitative estimate of drug-likeness (QED) is 0.285. The van der Waals surface area contributed by atoms with Gasteiger partial charge in [0.1, 0.15) is 12.5 Å². The average molecular weight is 310 g/mol. The highest BCUT2D eigenvalue weighted by molar-refractivity contribution is 7.80. The lowest BCUT2D eigenvalue weighted by Gasteiger charge is -2.34. The first-order valence-electron chi connectivity index (χ1n) is 4.42. The zero-order chi connectivity index (χ0) is 12.1. The number of amidine groups is 1. The molecule has 9 heteroatoms. The van der Waals surface area contributed by atoms with Crippen molar-refractivity contribution in [1.82, 2.24) is 5.32 Å². The van der Waals surface area contributed by atoms with E-state index < -0.39 is 30.1 Å². The van der Waals surface area contributed by atoms with Crippen LogP contribution in [-0.2, 0) is 4.79 Å². The second-order valence-corrected chi connectivity index (χ2v) is 3.72. The number of aliphatic carboxylic acids is 1. The van der Waals surface area contributed by atoms with Crippen molar-refractivity contribution < 1.29 is 14.3 Å². The van der Waals surface area contributed by atoms with Crippen molar-refractivity contribution in [3.63, 3.8) is 0 Å². The molecule has 0 amide bonds. The topological polar surface area (TPSA) is 99.2 Å². The molecule has 0 radical (unpaired) electrons. The molecule has 0 aliphatic heterocycles. The molecule has 2 atom stereocenters. The lowest BCUT2D eigenvalue weighted by molar-refractivity contribution is -0.145. The van der Waals surface area contributed by atoms with Crippen molar-refractivity contribution in [3.05, 3.63) is 0 Å². The molecular formula is C8H18Cl2FN3O2S. The summed E-state index contributed by atoms with van der Waals surface area (Å²) in [6.45, 7) is 0.449. The molecule has 0 aromatic heterocycles. The Kier molecular flexibility index (Phi) is 12.6. The van der Waals surface area contributed by atoms with E-state index in [9.17, 15) is 9.18 Å². The summed E-state index contributed by atoms with van der Waals surface area (Å²) in [5.41, 5.74) is 4.04. The summed E-state index contributed by atoms with van der Waals surface area (Å²) in [5.74, 6) is -1.42. The third-order valence-electron chi connectivity index (χ3n) is 2.17. The Morgan fingerprint density at radius 3 is 2.35 bits per heavy atom. The van der Waals surface area contributed by atoms with Crippen LogP contribution in [0, 0.1) is 5.41 Å². The number of carbonyl (C=O) groups is 1. The number of alkyl halides is 1. The highest BCUT2D eigenvalue weighted by atomic mass is 35.5. The van der Waals surface area contributed by atoms with E-state index >= 15 is 0 Å². The summed E-state index contributed by atoms with van der Waals surface area (Å²) in [5, 5.41) is 18.5. The number of nitrogens with one attached hydrogen (secondary N) is 2. The van der Waals surface area contributed by atoms with Crippen molar-refractivity contribution in [2.45, 2.75) is 24.9 Å². The molecule has 17 heavy (non-hydrogen) atoms. The fourth-order valence-corrected chi connectivity index (χ4v) is 1.59. The molecule has 5 N–H and O–H groups in total. The zero-order valence-electron chi connectivity index (χ0n) is 9.27. The minimum absolute atomic E-state index is 0. The van der Waals surface area contributed by atoms with Gasteiger partial charge in [-0.15, -0.1) is 24.8 Å². The summed E-state index contributed by atoms with van der Waals surface area (Å²) in [6.07, 6.45) is 0.117. The molecular weight excluding hydrogens is 292 g/mol. The SMILES string of the molecule is CC(N)[C@](CCS)(NC(=N)CF)C(=O)O.Cl.Cl. The maximum absolute atomic E-state index is 12.1. The first-order valence-corrected chi connectivity index (χ1v) is 5.05. The monoisotopic (exact) mass is 309 g/mol. The number of thiol groups is 1. The molecule has 0 aromatic rings. The van der Waals surface area contributed by atoms with Crippen LogP contribution in [0.4, 0.5) is 4.39 Å². The van der Waals surface area contributed by atoms with Crippen LogP contribution < -0.4 is 11.1 Å². The van der Waals surface area contributed by atoms with Crippen LogP contribution >= 0.6 is 37.4 Å². The van der Waals surface area contributed by atoms with Gasteiger partial charge in [0, 0.05) is 6.04 Å². The Labute approximate surface area is 117 Å². The van der Waals surface area contributed by atoms with Gasteiger partial charge in [0.05, 0.1) is 0 Å². The summed E-state index contributed by atoms with van der Waals surface area (Å²) >= 11 is 3.93. The van der Waals surface area contributed by atoms with E-state index in [4.69, 9.17) is 16.2 Å². The molecule has 104 valence electrons. The maximum Gasteiger partial charge on any atom is 0.331 e. The van der Waals surface area contributed by atoms with E-state index in [-0.39, 0.29) is 37.0 Å². The van der Waals surface area contributed by atoms with Crippen molar-refractivity contribution in [1.29, 1.82) is 5.41 Å². The molecule has 0 rings (SSSR count). The van der Waals surface area contributed by atoms with Gasteiger partial charge in [-0.1, -0.05) is 0 Å². The Hall–Kier alpha value is -0.240. The minimum atomic E-state index is -1.52. The lowest BCUT2D eigenvalue weighted by Crippen LogP contribution is -2.64. The molecule has 5 nitrogen and oxygen atoms in total. The number of rotatable bonds is 6. The van der Waals surface area contributed by atoms with Crippen molar-refractivity contribution in [2.24, 2.45) is 5.73 Å². The molecule has 0 aromatic carbocycles. The van der Waals surface area contributed by atoms with Gasteiger partial charge in [0.2, 0.25) is 0 Å². The molecule has 0 saturated heterocycles. The van der Waals surface area contributed by atoms with E-state index in [0.717, 1.165) is 0 Å². The van der Waals surface area contributed by atoms with Crippen molar-refractivity contribution in [2.75, 3.05) is 12.4 Å². The standard InChI is InChI=1S/C8H16FN3O2S.2ClH/c1-5(10)8(2-3-15,7(13)14)12-6(11)4-9;;/h5,15H,2-4,10H2,1H3,(H2,11,12)(H,13,14);2*1H/t5?,8-;;/m0../s1. The summed E-state index contributed by atoms with van der Waals surface area (Å²) < 4.78 is 12.1. The van der Waals surface area contributed by atoms with E-state index in [1.165, 1.54) is 6.92 Å². The molecule has 0 spiro atoms. The first kappa shape index (κ1) is 22.0. The minimum Gasteiger partial charge on any atom is -0.479 e. The first-order chi connectivity index (χ1) is 6.90. The van der Waals surface area contributed by atoms with Gasteiger partial charge < -0.3 is 16.2 Å². The Morgan fingerprint density at radius 2 is 2.12 bits per heavy atom. The van der Waals surface area contributed by atoms with E-state index in [1.807, 2.05) is 0 Å². The normalized spacial score (nSPS) is 14.6. The number of halogens is 3. The number of nitrogens with two attached hydrogens (primary N) is 1. The smallest absolute Gasteiger partial charge is 0.331 e. The predicted molar refractivity (Wildman–Crippen MR) is 73.8 cm³/mol. The molecule has 0 aliphatic carbocycles. The fourth-order valence-electron chi connectivity index (χ4n) is 1.24. The average Bonchev–Trinajstić information content (AvgIpc) is 2.15. The van der Waals surface area contributed by atoms with Crippen LogP contribution in [0.3, 0.4) is 0 Å². The van der Waals surface area contributed by atoms with Gasteiger partial charge in [-0.2, -0.15) is 12.6 Å². The van der Waals surface area contributed by atoms with Crippen LogP contribution in [0.25, 0.3) is 0 Å². The molecule has 0 fully saturated rings. The largest absolute Gasteiger partial charge is 0.479 e. The Balaban J connectivity index is -0.000000980. The molecule has 0 aliphatic rings. The highest BCUT2D eigenvalue weighted by Gasteiger charge is 2.42. The maximum atomic E-state index is 12.1. The van der Waals surface area contributed by atoms with Gasteiger partial charge in [-0.3, -0.25) is 5.41 Å². The Morgan fingerprint density at radius 1 is 1.65 bits per heavy atom. The van der Waals surface area contributed by atoms with E-state index in [0.29, 0.717) is 0 Å². The lowest BCUT2D eigenvalue weighted by atomic mass is 9.88. The van der Waals surface area contributed by atoms with Gasteiger partial charge in [0.25, 0.3) is 0 Å². The van der Waals surface area contributed by atoms with Gasteiger partial charge in [0.15, 0.2) is 5.54 Å². The molecule has 0 heterocycles. The summed E-state index contributed by atoms with van der Waals surface area (Å²) in [4.78, 5) is 11.1. The van der Waals surface area contributed by atoms with Crippen LogP contribution in [0.15, 0.2) is 0 Å². The van der Waals surface area contributed by atoms with Gasteiger partial charge in [-0.05, 0) is 19.1 Å². The van der Waals surface area contributed by atoms with Crippen molar-refractivity contribution in [3.8, 4) is 0 Å². The molecule has 1 unspecified atom stereocenters.